The fraction of sp³-hybridized carbons (Fsp3) is 0.750. The van der Waals surface area contributed by atoms with E-state index in [9.17, 15) is 0 Å². The van der Waals surface area contributed by atoms with Crippen molar-refractivity contribution in [2.75, 3.05) is 5.75 Å². The van der Waals surface area contributed by atoms with Crippen molar-refractivity contribution >= 4 is 11.8 Å². The summed E-state index contributed by atoms with van der Waals surface area (Å²) in [7, 11) is 0. The number of rotatable bonds is 5. The molecule has 0 aliphatic heterocycles. The average molecular weight is 142 g/mol. The molecular formula is C8H14S. The van der Waals surface area contributed by atoms with Crippen LogP contribution in [-0.2, 0) is 0 Å². The largest absolute Gasteiger partial charge is 0.108 e. The molecular weight excluding hydrogens is 128 g/mol. The second-order valence-electron chi connectivity index (χ2n) is 2.03. The fourth-order valence-electron chi connectivity index (χ4n) is 0.660. The van der Waals surface area contributed by atoms with Crippen molar-refractivity contribution in [3.05, 3.63) is 0 Å². The van der Waals surface area contributed by atoms with E-state index >= 15 is 0 Å². The topological polar surface area (TPSA) is 0 Å². The van der Waals surface area contributed by atoms with Crippen LogP contribution >= 0.6 is 11.8 Å². The quantitative estimate of drug-likeness (QED) is 0.420. The molecule has 0 atom stereocenters. The second-order valence-corrected chi connectivity index (χ2v) is 2.96. The van der Waals surface area contributed by atoms with Crippen molar-refractivity contribution < 1.29 is 0 Å². The maximum atomic E-state index is 5.06. The highest BCUT2D eigenvalue weighted by molar-refractivity contribution is 8.03. The minimum absolute atomic E-state index is 1.14. The molecule has 0 rings (SSSR count). The predicted octanol–water partition coefficient (Wildman–Crippen LogP) is 2.89. The van der Waals surface area contributed by atoms with Crippen molar-refractivity contribution in [1.82, 2.24) is 0 Å². The van der Waals surface area contributed by atoms with Crippen LogP contribution in [0.25, 0.3) is 0 Å². The zero-order chi connectivity index (χ0) is 6.95. The van der Waals surface area contributed by atoms with Gasteiger partial charge in [-0.1, -0.05) is 37.9 Å². The molecule has 0 N–H and O–H groups in total. The van der Waals surface area contributed by atoms with E-state index in [1.807, 2.05) is 0 Å². The van der Waals surface area contributed by atoms with Gasteiger partial charge in [0.05, 0.1) is 0 Å². The second kappa shape index (κ2) is 7.91. The van der Waals surface area contributed by atoms with Crippen LogP contribution in [0.4, 0.5) is 0 Å². The van der Waals surface area contributed by atoms with Crippen LogP contribution < -0.4 is 0 Å². The summed E-state index contributed by atoms with van der Waals surface area (Å²) in [6, 6.07) is 0. The molecule has 0 radical (unpaired) electrons. The Balaban J connectivity index is 2.69. The Labute approximate surface area is 62.4 Å². The Bertz CT molecular complexity index is 81.1. The zero-order valence-electron chi connectivity index (χ0n) is 6.02. The summed E-state index contributed by atoms with van der Waals surface area (Å²) in [5, 5.41) is 2.56. The third kappa shape index (κ3) is 7.91. The maximum Gasteiger partial charge on any atom is 0.00566 e. The molecule has 0 amide bonds. The average Bonchev–Trinajstić information content (AvgIpc) is 1.89. The summed E-state index contributed by atoms with van der Waals surface area (Å²) in [6.07, 6.45) is 10.3. The molecule has 52 valence electrons. The molecule has 0 fully saturated rings. The number of thioether (sulfide) groups is 1. The Morgan fingerprint density at radius 2 is 2.11 bits per heavy atom. The van der Waals surface area contributed by atoms with Crippen molar-refractivity contribution in [3.8, 4) is 11.7 Å². The van der Waals surface area contributed by atoms with Crippen LogP contribution in [0.1, 0.15) is 32.6 Å². The van der Waals surface area contributed by atoms with Gasteiger partial charge in [0.25, 0.3) is 0 Å². The Hall–Kier alpha value is -0.0900. The summed E-state index contributed by atoms with van der Waals surface area (Å²) < 4.78 is 0. The van der Waals surface area contributed by atoms with Crippen LogP contribution in [0.5, 0.6) is 0 Å². The summed E-state index contributed by atoms with van der Waals surface area (Å²) in [4.78, 5) is 0. The fourth-order valence-corrected chi connectivity index (χ4v) is 1.13. The SMILES string of the molecule is C#CSCCCCCC. The molecule has 0 bridgehead atoms. The van der Waals surface area contributed by atoms with Crippen molar-refractivity contribution in [2.45, 2.75) is 32.6 Å². The van der Waals surface area contributed by atoms with E-state index in [0.717, 1.165) is 5.75 Å². The lowest BCUT2D eigenvalue weighted by atomic mass is 10.2. The lowest BCUT2D eigenvalue weighted by molar-refractivity contribution is 0.707. The first-order valence-electron chi connectivity index (χ1n) is 3.49. The number of hydrogen-bond donors (Lipinski definition) is 0. The van der Waals surface area contributed by atoms with E-state index in [-0.39, 0.29) is 0 Å². The molecule has 0 heterocycles. The van der Waals surface area contributed by atoms with Crippen LogP contribution in [0, 0.1) is 11.7 Å². The van der Waals surface area contributed by atoms with E-state index in [0.29, 0.717) is 0 Å². The van der Waals surface area contributed by atoms with E-state index in [1.165, 1.54) is 25.7 Å². The van der Waals surface area contributed by atoms with Gasteiger partial charge in [0.15, 0.2) is 0 Å². The Morgan fingerprint density at radius 1 is 1.33 bits per heavy atom. The molecule has 0 unspecified atom stereocenters. The van der Waals surface area contributed by atoms with Gasteiger partial charge in [0, 0.05) is 5.75 Å². The highest BCUT2D eigenvalue weighted by atomic mass is 32.2. The molecule has 0 aromatic rings. The standard InChI is InChI=1S/C8H14S/c1-3-5-6-7-8-9-4-2/h2H,3,5-8H2,1H3. The highest BCUT2D eigenvalue weighted by Crippen LogP contribution is 2.04. The third-order valence-corrected chi connectivity index (χ3v) is 1.84. The summed E-state index contributed by atoms with van der Waals surface area (Å²) in [6.45, 7) is 2.22. The molecule has 0 aromatic heterocycles. The Morgan fingerprint density at radius 3 is 2.67 bits per heavy atom. The van der Waals surface area contributed by atoms with Crippen molar-refractivity contribution in [2.24, 2.45) is 0 Å². The van der Waals surface area contributed by atoms with E-state index in [2.05, 4.69) is 12.2 Å². The van der Waals surface area contributed by atoms with Gasteiger partial charge < -0.3 is 0 Å². The monoisotopic (exact) mass is 142 g/mol. The van der Waals surface area contributed by atoms with Crippen molar-refractivity contribution in [3.63, 3.8) is 0 Å². The van der Waals surface area contributed by atoms with Gasteiger partial charge in [-0.05, 0) is 11.7 Å². The highest BCUT2D eigenvalue weighted by Gasteiger charge is 1.85. The van der Waals surface area contributed by atoms with Gasteiger partial charge in [-0.3, -0.25) is 0 Å². The van der Waals surface area contributed by atoms with Crippen LogP contribution in [0.15, 0.2) is 0 Å². The Kier molecular flexibility index (Phi) is 7.83. The molecule has 0 nitrogen and oxygen atoms in total. The first-order valence-corrected chi connectivity index (χ1v) is 4.47. The van der Waals surface area contributed by atoms with Crippen LogP contribution in [-0.4, -0.2) is 5.75 Å². The first-order chi connectivity index (χ1) is 4.41. The minimum Gasteiger partial charge on any atom is -0.108 e. The molecule has 0 saturated carbocycles. The maximum absolute atomic E-state index is 5.06. The van der Waals surface area contributed by atoms with Gasteiger partial charge in [-0.15, -0.1) is 6.42 Å². The van der Waals surface area contributed by atoms with Gasteiger partial charge in [0.1, 0.15) is 0 Å². The number of terminal acetylenes is 1. The van der Waals surface area contributed by atoms with Crippen LogP contribution in [0.3, 0.4) is 0 Å². The summed E-state index contributed by atoms with van der Waals surface area (Å²) >= 11 is 1.59. The minimum atomic E-state index is 1.14. The molecule has 0 aliphatic rings. The normalized spacial score (nSPS) is 8.89. The van der Waals surface area contributed by atoms with Crippen LogP contribution in [0.2, 0.25) is 0 Å². The molecule has 0 aromatic carbocycles. The molecule has 1 heteroatoms. The molecule has 9 heavy (non-hydrogen) atoms. The summed E-state index contributed by atoms with van der Waals surface area (Å²) in [5.74, 6) is 1.14. The predicted molar refractivity (Wildman–Crippen MR) is 45.4 cm³/mol. The first kappa shape index (κ1) is 8.91. The van der Waals surface area contributed by atoms with E-state index in [4.69, 9.17) is 6.42 Å². The number of hydrogen-bond acceptors (Lipinski definition) is 1. The van der Waals surface area contributed by atoms with Gasteiger partial charge in [0.2, 0.25) is 0 Å². The lowest BCUT2D eigenvalue weighted by Gasteiger charge is -1.93. The third-order valence-electron chi connectivity index (χ3n) is 1.18. The molecule has 0 spiro atoms. The molecule has 0 aliphatic carbocycles. The lowest BCUT2D eigenvalue weighted by Crippen LogP contribution is -1.77. The molecule has 0 saturated heterocycles. The van der Waals surface area contributed by atoms with Gasteiger partial charge in [-0.25, -0.2) is 0 Å². The summed E-state index contributed by atoms with van der Waals surface area (Å²) in [5.41, 5.74) is 0. The number of unbranched alkanes of at least 4 members (excludes halogenated alkanes) is 3. The van der Waals surface area contributed by atoms with E-state index in [1.54, 1.807) is 11.8 Å². The van der Waals surface area contributed by atoms with Crippen molar-refractivity contribution in [1.29, 1.82) is 0 Å². The van der Waals surface area contributed by atoms with Gasteiger partial charge in [-0.2, -0.15) is 0 Å². The smallest absolute Gasteiger partial charge is 0.00566 e. The zero-order valence-corrected chi connectivity index (χ0v) is 6.84. The van der Waals surface area contributed by atoms with Gasteiger partial charge >= 0.3 is 0 Å². The van der Waals surface area contributed by atoms with E-state index < -0.39 is 0 Å².